The third-order valence-electron chi connectivity index (χ3n) is 7.01. The average molecular weight is 415 g/mol. The Balaban J connectivity index is 1.30. The van der Waals surface area contributed by atoms with E-state index in [1.807, 2.05) is 17.0 Å². The summed E-state index contributed by atoms with van der Waals surface area (Å²) in [7, 11) is 0. The highest BCUT2D eigenvalue weighted by Crippen LogP contribution is 2.30. The Hall–Kier alpha value is -1.99. The van der Waals surface area contributed by atoms with E-state index >= 15 is 0 Å². The predicted octanol–water partition coefficient (Wildman–Crippen LogP) is 1.70. The number of pyridine rings is 1. The second-order valence-electron chi connectivity index (χ2n) is 9.07. The molecule has 4 rings (SSSR count). The first-order valence-corrected chi connectivity index (χ1v) is 11.5. The van der Waals surface area contributed by atoms with Crippen LogP contribution in [0.4, 0.5) is 0 Å². The Kier molecular flexibility index (Phi) is 7.00. The number of nitrogens with zero attached hydrogens (tertiary/aromatic N) is 3. The van der Waals surface area contributed by atoms with Crippen molar-refractivity contribution in [3.8, 4) is 0 Å². The molecule has 2 N–H and O–H groups in total. The van der Waals surface area contributed by atoms with Crippen LogP contribution in [-0.4, -0.2) is 69.5 Å². The van der Waals surface area contributed by atoms with E-state index in [1.165, 1.54) is 19.3 Å². The molecule has 0 aromatic carbocycles. The molecular weight excluding hydrogens is 380 g/mol. The number of β-amino-alcohol motifs (C(OH)–C–C–N with tert-alkyl or cyclic N) is 1. The topological polar surface area (TPSA) is 85.8 Å². The van der Waals surface area contributed by atoms with Crippen molar-refractivity contribution in [3.05, 3.63) is 30.1 Å². The highest BCUT2D eigenvalue weighted by molar-refractivity contribution is 5.82. The van der Waals surface area contributed by atoms with E-state index < -0.39 is 6.10 Å². The number of carbonyl (C=O) groups excluding carboxylic acids is 2. The quantitative estimate of drug-likeness (QED) is 0.766. The van der Waals surface area contributed by atoms with Gasteiger partial charge in [0.05, 0.1) is 12.1 Å². The molecule has 1 aromatic rings. The monoisotopic (exact) mass is 414 g/mol. The van der Waals surface area contributed by atoms with Crippen molar-refractivity contribution in [1.82, 2.24) is 20.1 Å². The number of amides is 2. The van der Waals surface area contributed by atoms with E-state index in [1.54, 1.807) is 12.4 Å². The first-order chi connectivity index (χ1) is 14.6. The van der Waals surface area contributed by atoms with E-state index in [4.69, 9.17) is 0 Å². The lowest BCUT2D eigenvalue weighted by atomic mass is 9.87. The Bertz CT molecular complexity index is 714. The van der Waals surface area contributed by atoms with Crippen molar-refractivity contribution in [1.29, 1.82) is 0 Å². The normalized spacial score (nSPS) is 26.6. The maximum absolute atomic E-state index is 12.8. The minimum absolute atomic E-state index is 0.0314. The molecular formula is C23H34N4O3. The van der Waals surface area contributed by atoms with Crippen LogP contribution in [0.1, 0.15) is 56.9 Å². The standard InChI is InChI=1S/C23H34N4O3/c28-20-13-21(22(29)25-15-17-5-4-10-24-14-17)27(16-20)19-8-11-26(12-9-19)23(30)18-6-2-1-3-7-18/h4-5,10,14,18-21,28H,1-3,6-9,11-13,15-16H2,(H,25,29)/t20-,21+/m1/s1. The van der Waals surface area contributed by atoms with Crippen molar-refractivity contribution in [2.75, 3.05) is 19.6 Å². The van der Waals surface area contributed by atoms with Gasteiger partial charge >= 0.3 is 0 Å². The number of nitrogens with one attached hydrogen (secondary N) is 1. The number of piperidine rings is 1. The van der Waals surface area contributed by atoms with Gasteiger partial charge in [-0.15, -0.1) is 0 Å². The molecule has 2 atom stereocenters. The molecule has 0 unspecified atom stereocenters. The molecule has 1 saturated carbocycles. The summed E-state index contributed by atoms with van der Waals surface area (Å²) in [5.41, 5.74) is 0.963. The largest absolute Gasteiger partial charge is 0.392 e. The molecule has 2 amide bonds. The summed E-state index contributed by atoms with van der Waals surface area (Å²) in [5.74, 6) is 0.520. The summed E-state index contributed by atoms with van der Waals surface area (Å²) >= 11 is 0. The van der Waals surface area contributed by atoms with Crippen LogP contribution in [0, 0.1) is 5.92 Å². The molecule has 7 heteroatoms. The number of hydrogen-bond acceptors (Lipinski definition) is 5. The number of aliphatic hydroxyl groups is 1. The molecule has 1 aliphatic carbocycles. The molecule has 1 aromatic heterocycles. The van der Waals surface area contributed by atoms with Gasteiger partial charge in [-0.2, -0.15) is 0 Å². The lowest BCUT2D eigenvalue weighted by molar-refractivity contribution is -0.139. The van der Waals surface area contributed by atoms with Crippen LogP contribution >= 0.6 is 0 Å². The number of hydrogen-bond donors (Lipinski definition) is 2. The Morgan fingerprint density at radius 3 is 2.60 bits per heavy atom. The number of aromatic nitrogens is 1. The van der Waals surface area contributed by atoms with Crippen molar-refractivity contribution in [2.24, 2.45) is 5.92 Å². The summed E-state index contributed by atoms with van der Waals surface area (Å²) in [4.78, 5) is 34.0. The zero-order chi connectivity index (χ0) is 20.9. The zero-order valence-corrected chi connectivity index (χ0v) is 17.7. The molecule has 0 radical (unpaired) electrons. The fourth-order valence-electron chi connectivity index (χ4n) is 5.33. The van der Waals surface area contributed by atoms with Crippen LogP contribution in [0.15, 0.2) is 24.5 Å². The summed E-state index contributed by atoms with van der Waals surface area (Å²) in [6, 6.07) is 3.73. The molecule has 2 aliphatic heterocycles. The first kappa shape index (κ1) is 21.2. The third kappa shape index (κ3) is 5.01. The van der Waals surface area contributed by atoms with E-state index in [2.05, 4.69) is 15.2 Å². The number of aliphatic hydroxyl groups excluding tert-OH is 1. The Morgan fingerprint density at radius 2 is 1.90 bits per heavy atom. The van der Waals surface area contributed by atoms with Crippen molar-refractivity contribution >= 4 is 11.8 Å². The summed E-state index contributed by atoms with van der Waals surface area (Å²) in [6.45, 7) is 2.50. The molecule has 164 valence electrons. The third-order valence-corrected chi connectivity index (χ3v) is 7.01. The molecule has 0 spiro atoms. The Labute approximate surface area is 178 Å². The van der Waals surface area contributed by atoms with E-state index in [-0.39, 0.29) is 23.9 Å². The van der Waals surface area contributed by atoms with Crippen molar-refractivity contribution in [2.45, 2.75) is 76.1 Å². The van der Waals surface area contributed by atoms with Gasteiger partial charge in [-0.1, -0.05) is 25.3 Å². The maximum Gasteiger partial charge on any atom is 0.237 e. The number of likely N-dealkylation sites (tertiary alicyclic amines) is 2. The van der Waals surface area contributed by atoms with Crippen molar-refractivity contribution in [3.63, 3.8) is 0 Å². The lowest BCUT2D eigenvalue weighted by Gasteiger charge is -2.40. The highest BCUT2D eigenvalue weighted by Gasteiger charge is 2.41. The fraction of sp³-hybridized carbons (Fsp3) is 0.696. The van der Waals surface area contributed by atoms with Crippen LogP contribution in [-0.2, 0) is 16.1 Å². The highest BCUT2D eigenvalue weighted by atomic mass is 16.3. The average Bonchev–Trinajstić information content (AvgIpc) is 3.20. The van der Waals surface area contributed by atoms with E-state index in [0.29, 0.717) is 25.4 Å². The first-order valence-electron chi connectivity index (χ1n) is 11.5. The molecule has 3 fully saturated rings. The summed E-state index contributed by atoms with van der Waals surface area (Å²) in [6.07, 6.45) is 10.9. The van der Waals surface area contributed by atoms with Gasteiger partial charge in [0, 0.05) is 50.5 Å². The van der Waals surface area contributed by atoms with Gasteiger partial charge in [-0.3, -0.25) is 19.5 Å². The molecule has 2 saturated heterocycles. The fourth-order valence-corrected chi connectivity index (χ4v) is 5.33. The second-order valence-corrected chi connectivity index (χ2v) is 9.07. The Morgan fingerprint density at radius 1 is 1.13 bits per heavy atom. The van der Waals surface area contributed by atoms with Gasteiger partial charge in [0.25, 0.3) is 0 Å². The number of carbonyl (C=O) groups is 2. The predicted molar refractivity (Wildman–Crippen MR) is 113 cm³/mol. The van der Waals surface area contributed by atoms with Gasteiger partial charge in [0.15, 0.2) is 0 Å². The minimum atomic E-state index is -0.471. The number of rotatable bonds is 5. The SMILES string of the molecule is O=C(NCc1cccnc1)[C@@H]1C[C@@H](O)CN1C1CCN(C(=O)C2CCCCC2)CC1. The smallest absolute Gasteiger partial charge is 0.237 e. The molecule has 3 aliphatic rings. The maximum atomic E-state index is 12.8. The van der Waals surface area contributed by atoms with Crippen LogP contribution in [0.5, 0.6) is 0 Å². The van der Waals surface area contributed by atoms with Gasteiger partial charge < -0.3 is 15.3 Å². The van der Waals surface area contributed by atoms with Crippen LogP contribution in [0.3, 0.4) is 0 Å². The molecule has 7 nitrogen and oxygen atoms in total. The van der Waals surface area contributed by atoms with Gasteiger partial charge in [0.1, 0.15) is 0 Å². The second kappa shape index (κ2) is 9.88. The van der Waals surface area contributed by atoms with Crippen LogP contribution < -0.4 is 5.32 Å². The van der Waals surface area contributed by atoms with Crippen LogP contribution in [0.25, 0.3) is 0 Å². The van der Waals surface area contributed by atoms with Crippen LogP contribution in [0.2, 0.25) is 0 Å². The molecule has 0 bridgehead atoms. The molecule has 3 heterocycles. The van der Waals surface area contributed by atoms with Gasteiger partial charge in [-0.05, 0) is 43.7 Å². The van der Waals surface area contributed by atoms with E-state index in [0.717, 1.165) is 44.3 Å². The van der Waals surface area contributed by atoms with Gasteiger partial charge in [-0.25, -0.2) is 0 Å². The van der Waals surface area contributed by atoms with Crippen molar-refractivity contribution < 1.29 is 14.7 Å². The lowest BCUT2D eigenvalue weighted by Crippen LogP contribution is -2.52. The molecule has 30 heavy (non-hydrogen) atoms. The zero-order valence-electron chi connectivity index (χ0n) is 17.7. The summed E-state index contributed by atoms with van der Waals surface area (Å²) in [5, 5.41) is 13.3. The van der Waals surface area contributed by atoms with E-state index in [9.17, 15) is 14.7 Å². The van der Waals surface area contributed by atoms with Gasteiger partial charge in [0.2, 0.25) is 11.8 Å². The minimum Gasteiger partial charge on any atom is -0.392 e. The summed E-state index contributed by atoms with van der Waals surface area (Å²) < 4.78 is 0.